The number of oxime groups is 1. The number of para-hydroxylation sites is 1. The fourth-order valence-electron chi connectivity index (χ4n) is 2.45. The summed E-state index contributed by atoms with van der Waals surface area (Å²) in [6, 6.07) is 9.39. The van der Waals surface area contributed by atoms with Crippen LogP contribution in [0.4, 0.5) is 5.69 Å². The van der Waals surface area contributed by atoms with Crippen molar-refractivity contribution in [3.8, 4) is 0 Å². The van der Waals surface area contributed by atoms with Gasteiger partial charge in [0.1, 0.15) is 16.7 Å². The van der Waals surface area contributed by atoms with Crippen LogP contribution < -0.4 is 11.1 Å². The van der Waals surface area contributed by atoms with Gasteiger partial charge in [0.2, 0.25) is 5.91 Å². The summed E-state index contributed by atoms with van der Waals surface area (Å²) in [6.45, 7) is 1.82. The number of rotatable bonds is 9. The number of nitrogens with zero attached hydrogens (tertiary/aromatic N) is 3. The number of carbonyl (C=O) groups is 1. The lowest BCUT2D eigenvalue weighted by Gasteiger charge is -2.14. The molecule has 7 nitrogen and oxygen atoms in total. The average Bonchev–Trinajstić information content (AvgIpc) is 3.04. The van der Waals surface area contributed by atoms with Crippen LogP contribution >= 0.6 is 11.5 Å². The van der Waals surface area contributed by atoms with Crippen LogP contribution in [0.2, 0.25) is 0 Å². The standard InChI is InChI=1S/C17H23N5O2S/c1-12-19-17(25-22-12)14(10-6-3-7-11-15(18)21-24)16(23)20-13-8-4-2-5-9-13/h2,4-5,8-9,14,24H,3,6-7,10-11H2,1H3,(H2,18,21)(H,20,23). The third-order valence-corrected chi connectivity index (χ3v) is 4.67. The van der Waals surface area contributed by atoms with Crippen LogP contribution in [0.25, 0.3) is 0 Å². The summed E-state index contributed by atoms with van der Waals surface area (Å²) < 4.78 is 4.20. The van der Waals surface area contributed by atoms with Gasteiger partial charge in [0, 0.05) is 12.1 Å². The minimum absolute atomic E-state index is 0.0706. The number of carbonyl (C=O) groups excluding carboxylic acids is 1. The second-order valence-electron chi connectivity index (χ2n) is 5.78. The van der Waals surface area contributed by atoms with Gasteiger partial charge in [0.15, 0.2) is 0 Å². The molecule has 2 rings (SSSR count). The highest BCUT2D eigenvalue weighted by Crippen LogP contribution is 2.26. The summed E-state index contributed by atoms with van der Waals surface area (Å²) in [5, 5.41) is 15.2. The highest BCUT2D eigenvalue weighted by Gasteiger charge is 2.24. The lowest BCUT2D eigenvalue weighted by atomic mass is 10.00. The van der Waals surface area contributed by atoms with E-state index in [0.29, 0.717) is 18.7 Å². The summed E-state index contributed by atoms with van der Waals surface area (Å²) >= 11 is 1.27. The van der Waals surface area contributed by atoms with E-state index in [1.54, 1.807) is 0 Å². The third kappa shape index (κ3) is 6.15. The van der Waals surface area contributed by atoms with E-state index in [2.05, 4.69) is 19.8 Å². The molecule has 1 unspecified atom stereocenters. The summed E-state index contributed by atoms with van der Waals surface area (Å²) in [7, 11) is 0. The van der Waals surface area contributed by atoms with E-state index in [4.69, 9.17) is 10.9 Å². The summed E-state index contributed by atoms with van der Waals surface area (Å²) in [5.74, 6) is 0.525. The second kappa shape index (κ2) is 9.73. The maximum absolute atomic E-state index is 12.7. The predicted octanol–water partition coefficient (Wildman–Crippen LogP) is 3.27. The first kappa shape index (κ1) is 18.9. The van der Waals surface area contributed by atoms with Crippen LogP contribution in [-0.2, 0) is 4.79 Å². The maximum atomic E-state index is 12.7. The molecular weight excluding hydrogens is 338 g/mol. The average molecular weight is 361 g/mol. The molecule has 8 heteroatoms. The molecule has 1 aromatic heterocycles. The van der Waals surface area contributed by atoms with Crippen molar-refractivity contribution < 1.29 is 10.0 Å². The van der Waals surface area contributed by atoms with Crippen molar-refractivity contribution in [2.75, 3.05) is 5.32 Å². The fraction of sp³-hybridized carbons (Fsp3) is 0.412. The number of aromatic nitrogens is 2. The van der Waals surface area contributed by atoms with Gasteiger partial charge in [-0.25, -0.2) is 4.98 Å². The van der Waals surface area contributed by atoms with Crippen LogP contribution in [0, 0.1) is 6.92 Å². The number of hydrogen-bond donors (Lipinski definition) is 3. The van der Waals surface area contributed by atoms with E-state index < -0.39 is 0 Å². The number of hydrogen-bond acceptors (Lipinski definition) is 6. The molecule has 4 N–H and O–H groups in total. The van der Waals surface area contributed by atoms with Gasteiger partial charge >= 0.3 is 0 Å². The quantitative estimate of drug-likeness (QED) is 0.208. The monoisotopic (exact) mass is 361 g/mol. The van der Waals surface area contributed by atoms with Gasteiger partial charge in [-0.3, -0.25) is 4.79 Å². The molecular formula is C17H23N5O2S. The van der Waals surface area contributed by atoms with E-state index in [0.717, 1.165) is 30.0 Å². The van der Waals surface area contributed by atoms with Gasteiger partial charge in [-0.15, -0.1) is 0 Å². The smallest absolute Gasteiger partial charge is 0.234 e. The Kier molecular flexibility index (Phi) is 7.34. The van der Waals surface area contributed by atoms with Crippen molar-refractivity contribution in [1.82, 2.24) is 9.36 Å². The van der Waals surface area contributed by atoms with Crippen LogP contribution in [0.15, 0.2) is 35.5 Å². The Morgan fingerprint density at radius 3 is 2.72 bits per heavy atom. The Morgan fingerprint density at radius 1 is 1.32 bits per heavy atom. The molecule has 0 spiro atoms. The molecule has 0 saturated carbocycles. The lowest BCUT2D eigenvalue weighted by molar-refractivity contribution is -0.117. The maximum Gasteiger partial charge on any atom is 0.234 e. The van der Waals surface area contributed by atoms with Gasteiger partial charge in [-0.05, 0) is 43.4 Å². The predicted molar refractivity (Wildman–Crippen MR) is 99.0 cm³/mol. The first-order valence-electron chi connectivity index (χ1n) is 8.22. The first-order chi connectivity index (χ1) is 12.1. The summed E-state index contributed by atoms with van der Waals surface area (Å²) in [4.78, 5) is 17.1. The minimum Gasteiger partial charge on any atom is -0.409 e. The molecule has 1 heterocycles. The molecule has 0 bridgehead atoms. The Labute approximate surface area is 151 Å². The lowest BCUT2D eigenvalue weighted by Crippen LogP contribution is -2.21. The van der Waals surface area contributed by atoms with E-state index in [9.17, 15) is 4.79 Å². The molecule has 0 saturated heterocycles. The number of nitrogens with two attached hydrogens (primary N) is 1. The molecule has 25 heavy (non-hydrogen) atoms. The zero-order chi connectivity index (χ0) is 18.1. The fourth-order valence-corrected chi connectivity index (χ4v) is 3.25. The molecule has 0 aliphatic carbocycles. The summed E-state index contributed by atoms with van der Waals surface area (Å²) in [5.41, 5.74) is 6.23. The molecule has 0 aliphatic rings. The molecule has 0 aliphatic heterocycles. The topological polar surface area (TPSA) is 113 Å². The highest BCUT2D eigenvalue weighted by molar-refractivity contribution is 7.05. The molecule has 0 fully saturated rings. The Balaban J connectivity index is 1.95. The van der Waals surface area contributed by atoms with Gasteiger partial charge in [0.25, 0.3) is 0 Å². The van der Waals surface area contributed by atoms with Gasteiger partial charge in [0.05, 0.1) is 5.92 Å². The molecule has 1 amide bonds. The van der Waals surface area contributed by atoms with Crippen molar-refractivity contribution in [2.45, 2.75) is 44.9 Å². The van der Waals surface area contributed by atoms with E-state index in [1.165, 1.54) is 11.5 Å². The number of anilines is 1. The Bertz CT molecular complexity index is 702. The van der Waals surface area contributed by atoms with Crippen molar-refractivity contribution >= 4 is 29.0 Å². The minimum atomic E-state index is -0.324. The van der Waals surface area contributed by atoms with Crippen LogP contribution in [0.5, 0.6) is 0 Å². The van der Waals surface area contributed by atoms with Crippen molar-refractivity contribution in [3.63, 3.8) is 0 Å². The molecule has 1 atom stereocenters. The van der Waals surface area contributed by atoms with Crippen LogP contribution in [-0.4, -0.2) is 26.3 Å². The SMILES string of the molecule is Cc1nsc(C(CCCCC/C(N)=N/O)C(=O)Nc2ccccc2)n1. The summed E-state index contributed by atoms with van der Waals surface area (Å²) in [6.07, 6.45) is 3.80. The molecule has 1 aromatic carbocycles. The Morgan fingerprint density at radius 2 is 2.08 bits per heavy atom. The van der Waals surface area contributed by atoms with Gasteiger partial charge < -0.3 is 16.3 Å². The second-order valence-corrected chi connectivity index (χ2v) is 6.56. The Hall–Kier alpha value is -2.48. The normalized spacial score (nSPS) is 12.8. The van der Waals surface area contributed by atoms with Crippen LogP contribution in [0.3, 0.4) is 0 Å². The third-order valence-electron chi connectivity index (χ3n) is 3.75. The highest BCUT2D eigenvalue weighted by atomic mass is 32.1. The molecule has 0 radical (unpaired) electrons. The number of aryl methyl sites for hydroxylation is 1. The van der Waals surface area contributed by atoms with Crippen molar-refractivity contribution in [2.24, 2.45) is 10.9 Å². The molecule has 134 valence electrons. The number of amides is 1. The number of amidine groups is 1. The van der Waals surface area contributed by atoms with Crippen LogP contribution in [0.1, 0.15) is 48.9 Å². The number of unbranched alkanes of at least 4 members (excludes halogenated alkanes) is 2. The zero-order valence-electron chi connectivity index (χ0n) is 14.2. The largest absolute Gasteiger partial charge is 0.409 e. The number of benzene rings is 1. The molecule has 2 aromatic rings. The van der Waals surface area contributed by atoms with Crippen molar-refractivity contribution in [3.05, 3.63) is 41.2 Å². The van der Waals surface area contributed by atoms with E-state index >= 15 is 0 Å². The van der Waals surface area contributed by atoms with E-state index in [1.807, 2.05) is 37.3 Å². The zero-order valence-corrected chi connectivity index (χ0v) is 15.0. The van der Waals surface area contributed by atoms with E-state index in [-0.39, 0.29) is 17.7 Å². The first-order valence-corrected chi connectivity index (χ1v) is 9.00. The number of nitrogens with one attached hydrogen (secondary N) is 1. The van der Waals surface area contributed by atoms with Gasteiger partial charge in [-0.1, -0.05) is 36.2 Å². The van der Waals surface area contributed by atoms with Crippen molar-refractivity contribution in [1.29, 1.82) is 0 Å². The van der Waals surface area contributed by atoms with Gasteiger partial charge in [-0.2, -0.15) is 4.37 Å².